The Morgan fingerprint density at radius 3 is 1.93 bits per heavy atom. The standard InChI is InChI=1S/C11H13N3/c1-8-4-5-9(2)14(8)11-6-12-10(3)13-7-11/h4-7H,1-3H3. The molecule has 0 aliphatic rings. The molecule has 0 aliphatic heterocycles. The lowest BCUT2D eigenvalue weighted by atomic mass is 10.4. The molecule has 0 bridgehead atoms. The van der Waals surface area contributed by atoms with E-state index < -0.39 is 0 Å². The highest BCUT2D eigenvalue weighted by Crippen LogP contribution is 2.14. The van der Waals surface area contributed by atoms with Gasteiger partial charge in [0.1, 0.15) is 5.82 Å². The fourth-order valence-corrected chi connectivity index (χ4v) is 1.58. The van der Waals surface area contributed by atoms with E-state index in [1.165, 1.54) is 11.4 Å². The summed E-state index contributed by atoms with van der Waals surface area (Å²) in [5, 5.41) is 0. The highest BCUT2D eigenvalue weighted by molar-refractivity contribution is 5.33. The Morgan fingerprint density at radius 2 is 1.43 bits per heavy atom. The Hall–Kier alpha value is -1.64. The first kappa shape index (κ1) is 8.94. The van der Waals surface area contributed by atoms with Crippen LogP contribution in [0.2, 0.25) is 0 Å². The molecule has 0 spiro atoms. The molecule has 2 aromatic heterocycles. The summed E-state index contributed by atoms with van der Waals surface area (Å²) in [4.78, 5) is 8.37. The number of hydrogen-bond acceptors (Lipinski definition) is 2. The smallest absolute Gasteiger partial charge is 0.125 e. The van der Waals surface area contributed by atoms with E-state index >= 15 is 0 Å². The van der Waals surface area contributed by atoms with Crippen LogP contribution in [0.3, 0.4) is 0 Å². The van der Waals surface area contributed by atoms with Crippen molar-refractivity contribution in [3.05, 3.63) is 41.7 Å². The van der Waals surface area contributed by atoms with Crippen LogP contribution >= 0.6 is 0 Å². The van der Waals surface area contributed by atoms with Crippen LogP contribution in [0.15, 0.2) is 24.5 Å². The minimum Gasteiger partial charge on any atom is -0.316 e. The molecule has 2 rings (SSSR count). The van der Waals surface area contributed by atoms with E-state index in [1.54, 1.807) is 0 Å². The highest BCUT2D eigenvalue weighted by atomic mass is 15.0. The first-order chi connectivity index (χ1) is 6.68. The van der Waals surface area contributed by atoms with Crippen molar-refractivity contribution in [1.82, 2.24) is 14.5 Å². The fourth-order valence-electron chi connectivity index (χ4n) is 1.58. The van der Waals surface area contributed by atoms with Crippen LogP contribution < -0.4 is 0 Å². The second-order valence-electron chi connectivity index (χ2n) is 3.44. The molecule has 2 aromatic rings. The van der Waals surface area contributed by atoms with Crippen molar-refractivity contribution >= 4 is 0 Å². The van der Waals surface area contributed by atoms with Gasteiger partial charge in [0.15, 0.2) is 0 Å². The van der Waals surface area contributed by atoms with Gasteiger partial charge in [0.25, 0.3) is 0 Å². The molecule has 0 N–H and O–H groups in total. The molecule has 0 aliphatic carbocycles. The van der Waals surface area contributed by atoms with E-state index in [-0.39, 0.29) is 0 Å². The van der Waals surface area contributed by atoms with Gasteiger partial charge in [0, 0.05) is 11.4 Å². The van der Waals surface area contributed by atoms with Gasteiger partial charge in [-0.25, -0.2) is 9.97 Å². The summed E-state index contributed by atoms with van der Waals surface area (Å²) < 4.78 is 2.14. The maximum absolute atomic E-state index is 4.19. The molecule has 0 atom stereocenters. The summed E-state index contributed by atoms with van der Waals surface area (Å²) in [7, 11) is 0. The van der Waals surface area contributed by atoms with Gasteiger partial charge in [-0.15, -0.1) is 0 Å². The summed E-state index contributed by atoms with van der Waals surface area (Å²) in [6, 6.07) is 4.18. The van der Waals surface area contributed by atoms with Crippen molar-refractivity contribution in [3.8, 4) is 5.69 Å². The number of aryl methyl sites for hydroxylation is 3. The molecule has 0 saturated heterocycles. The lowest BCUT2D eigenvalue weighted by Crippen LogP contribution is -2.00. The van der Waals surface area contributed by atoms with Gasteiger partial charge in [-0.05, 0) is 32.9 Å². The predicted molar refractivity (Wildman–Crippen MR) is 55.6 cm³/mol. The average Bonchev–Trinajstić information content (AvgIpc) is 2.49. The molecule has 0 amide bonds. The summed E-state index contributed by atoms with van der Waals surface area (Å²) in [5.74, 6) is 0.802. The Labute approximate surface area is 83.4 Å². The number of rotatable bonds is 1. The summed E-state index contributed by atoms with van der Waals surface area (Å²) in [6.45, 7) is 6.04. The van der Waals surface area contributed by atoms with Gasteiger partial charge in [-0.3, -0.25) is 0 Å². The van der Waals surface area contributed by atoms with Gasteiger partial charge >= 0.3 is 0 Å². The van der Waals surface area contributed by atoms with Crippen LogP contribution in [0.25, 0.3) is 5.69 Å². The van der Waals surface area contributed by atoms with Crippen molar-refractivity contribution in [1.29, 1.82) is 0 Å². The zero-order valence-corrected chi connectivity index (χ0v) is 8.65. The first-order valence-electron chi connectivity index (χ1n) is 4.62. The topological polar surface area (TPSA) is 30.7 Å². The van der Waals surface area contributed by atoms with Crippen molar-refractivity contribution in [3.63, 3.8) is 0 Å². The zero-order valence-electron chi connectivity index (χ0n) is 8.65. The molecule has 0 radical (unpaired) electrons. The van der Waals surface area contributed by atoms with E-state index in [9.17, 15) is 0 Å². The van der Waals surface area contributed by atoms with Crippen molar-refractivity contribution in [2.45, 2.75) is 20.8 Å². The third-order valence-electron chi connectivity index (χ3n) is 2.30. The van der Waals surface area contributed by atoms with Crippen LogP contribution in [0.5, 0.6) is 0 Å². The number of hydrogen-bond donors (Lipinski definition) is 0. The fraction of sp³-hybridized carbons (Fsp3) is 0.273. The second kappa shape index (κ2) is 3.25. The second-order valence-corrected chi connectivity index (χ2v) is 3.44. The largest absolute Gasteiger partial charge is 0.316 e. The van der Waals surface area contributed by atoms with E-state index in [0.29, 0.717) is 0 Å². The maximum atomic E-state index is 4.19. The molecule has 0 unspecified atom stereocenters. The van der Waals surface area contributed by atoms with Crippen LogP contribution in [0.4, 0.5) is 0 Å². The Balaban J connectivity index is 2.54. The van der Waals surface area contributed by atoms with Crippen molar-refractivity contribution in [2.24, 2.45) is 0 Å². The van der Waals surface area contributed by atoms with Crippen LogP contribution in [-0.4, -0.2) is 14.5 Å². The van der Waals surface area contributed by atoms with Crippen LogP contribution in [0, 0.1) is 20.8 Å². The molecular weight excluding hydrogens is 174 g/mol. The summed E-state index contributed by atoms with van der Waals surface area (Å²) in [6.07, 6.45) is 3.70. The van der Waals surface area contributed by atoms with Gasteiger partial charge in [0.2, 0.25) is 0 Å². The third kappa shape index (κ3) is 1.41. The summed E-state index contributed by atoms with van der Waals surface area (Å²) in [5.41, 5.74) is 3.43. The third-order valence-corrected chi connectivity index (χ3v) is 2.30. The molecule has 0 fully saturated rings. The molecule has 0 aromatic carbocycles. The maximum Gasteiger partial charge on any atom is 0.125 e. The van der Waals surface area contributed by atoms with E-state index in [1.807, 2.05) is 19.3 Å². The molecule has 72 valence electrons. The molecule has 14 heavy (non-hydrogen) atoms. The molecule has 2 heterocycles. The highest BCUT2D eigenvalue weighted by Gasteiger charge is 2.03. The van der Waals surface area contributed by atoms with Gasteiger partial charge in [-0.1, -0.05) is 0 Å². The van der Waals surface area contributed by atoms with Crippen molar-refractivity contribution in [2.75, 3.05) is 0 Å². The molecule has 3 nitrogen and oxygen atoms in total. The van der Waals surface area contributed by atoms with E-state index in [0.717, 1.165) is 11.5 Å². The zero-order chi connectivity index (χ0) is 10.1. The van der Waals surface area contributed by atoms with Gasteiger partial charge < -0.3 is 4.57 Å². The summed E-state index contributed by atoms with van der Waals surface area (Å²) >= 11 is 0. The molecule has 3 heteroatoms. The lowest BCUT2D eigenvalue weighted by molar-refractivity contribution is 0.923. The van der Waals surface area contributed by atoms with Gasteiger partial charge in [0.05, 0.1) is 18.1 Å². The molecule has 0 saturated carbocycles. The Bertz CT molecular complexity index is 421. The van der Waals surface area contributed by atoms with E-state index in [2.05, 4.69) is 40.5 Å². The average molecular weight is 187 g/mol. The number of nitrogens with zero attached hydrogens (tertiary/aromatic N) is 3. The monoisotopic (exact) mass is 187 g/mol. The van der Waals surface area contributed by atoms with Crippen LogP contribution in [-0.2, 0) is 0 Å². The Morgan fingerprint density at radius 1 is 0.929 bits per heavy atom. The van der Waals surface area contributed by atoms with Crippen molar-refractivity contribution < 1.29 is 0 Å². The van der Waals surface area contributed by atoms with E-state index in [4.69, 9.17) is 0 Å². The molecular formula is C11H13N3. The number of aromatic nitrogens is 3. The normalized spacial score (nSPS) is 10.5. The quantitative estimate of drug-likeness (QED) is 0.685. The SMILES string of the molecule is Cc1ncc(-n2c(C)ccc2C)cn1. The minimum absolute atomic E-state index is 0.802. The Kier molecular flexibility index (Phi) is 2.08. The predicted octanol–water partition coefficient (Wildman–Crippen LogP) is 2.19. The minimum atomic E-state index is 0.802. The lowest BCUT2D eigenvalue weighted by Gasteiger charge is -2.07. The first-order valence-corrected chi connectivity index (χ1v) is 4.62. The van der Waals surface area contributed by atoms with Crippen LogP contribution in [0.1, 0.15) is 17.2 Å². The van der Waals surface area contributed by atoms with Gasteiger partial charge in [-0.2, -0.15) is 0 Å².